The number of hydrogen-bond donors (Lipinski definition) is 0. The minimum Gasteiger partial charge on any atom is -0.465 e. The summed E-state index contributed by atoms with van der Waals surface area (Å²) in [4.78, 5) is 16.5. The molecule has 0 saturated carbocycles. The number of ether oxygens (including phenoxy) is 1. The molecule has 0 N–H and O–H groups in total. The monoisotopic (exact) mass is 307 g/mol. The summed E-state index contributed by atoms with van der Waals surface area (Å²) in [7, 11) is 0. The number of aromatic nitrogens is 1. The fourth-order valence-electron chi connectivity index (χ4n) is 1.84. The fraction of sp³-hybridized carbons (Fsp3) is 0.375. The van der Waals surface area contributed by atoms with E-state index in [1.807, 2.05) is 11.4 Å². The minimum atomic E-state index is -0.812. The molecular formula is C16H18FNO2S. The van der Waals surface area contributed by atoms with Gasteiger partial charge in [-0.15, -0.1) is 11.3 Å². The molecular weight excluding hydrogens is 289 g/mol. The van der Waals surface area contributed by atoms with E-state index in [0.29, 0.717) is 28.4 Å². The second-order valence-electron chi connectivity index (χ2n) is 5.35. The first-order valence-electron chi connectivity index (χ1n) is 6.76. The van der Waals surface area contributed by atoms with E-state index in [2.05, 4.69) is 4.98 Å². The molecule has 2 rings (SSSR count). The van der Waals surface area contributed by atoms with Crippen LogP contribution in [0, 0.1) is 12.7 Å². The molecule has 1 heterocycles. The molecule has 0 unspecified atom stereocenters. The molecule has 0 bridgehead atoms. The van der Waals surface area contributed by atoms with Crippen LogP contribution in [0.4, 0.5) is 4.39 Å². The van der Waals surface area contributed by atoms with Gasteiger partial charge in [-0.2, -0.15) is 0 Å². The van der Waals surface area contributed by atoms with Crippen molar-refractivity contribution in [3.05, 3.63) is 40.7 Å². The van der Waals surface area contributed by atoms with Crippen molar-refractivity contribution in [1.29, 1.82) is 0 Å². The van der Waals surface area contributed by atoms with E-state index in [1.165, 1.54) is 17.4 Å². The van der Waals surface area contributed by atoms with E-state index in [-0.39, 0.29) is 11.8 Å². The van der Waals surface area contributed by atoms with Gasteiger partial charge in [0.25, 0.3) is 0 Å². The second-order valence-corrected chi connectivity index (χ2v) is 6.21. The van der Waals surface area contributed by atoms with Crippen LogP contribution in [0.3, 0.4) is 0 Å². The summed E-state index contributed by atoms with van der Waals surface area (Å²) < 4.78 is 18.7. The second kappa shape index (κ2) is 5.93. The molecule has 0 saturated heterocycles. The molecule has 0 atom stereocenters. The van der Waals surface area contributed by atoms with Crippen molar-refractivity contribution in [3.8, 4) is 10.6 Å². The molecule has 0 aliphatic carbocycles. The lowest BCUT2D eigenvalue weighted by Crippen LogP contribution is -2.31. The van der Waals surface area contributed by atoms with Crippen molar-refractivity contribution < 1.29 is 13.9 Å². The summed E-state index contributed by atoms with van der Waals surface area (Å²) in [5.74, 6) is -0.564. The first kappa shape index (κ1) is 15.6. The average Bonchev–Trinajstić information content (AvgIpc) is 2.92. The quantitative estimate of drug-likeness (QED) is 0.798. The van der Waals surface area contributed by atoms with Crippen LogP contribution >= 0.6 is 11.3 Å². The van der Waals surface area contributed by atoms with Crippen LogP contribution in [-0.4, -0.2) is 17.6 Å². The summed E-state index contributed by atoms with van der Waals surface area (Å²) in [5.41, 5.74) is 1.15. The van der Waals surface area contributed by atoms with Crippen molar-refractivity contribution in [2.24, 2.45) is 0 Å². The Balaban J connectivity index is 2.33. The van der Waals surface area contributed by atoms with Crippen LogP contribution in [0.25, 0.3) is 10.6 Å². The Labute approximate surface area is 127 Å². The lowest BCUT2D eigenvalue weighted by molar-refractivity contribution is -0.148. The molecule has 0 radical (unpaired) electrons. The van der Waals surface area contributed by atoms with Crippen molar-refractivity contribution in [2.45, 2.75) is 33.1 Å². The number of carbonyl (C=O) groups is 1. The number of carbonyl (C=O) groups excluding carboxylic acids is 1. The number of hydrogen-bond acceptors (Lipinski definition) is 4. The largest absolute Gasteiger partial charge is 0.465 e. The highest BCUT2D eigenvalue weighted by atomic mass is 32.1. The zero-order chi connectivity index (χ0) is 15.6. The minimum absolute atomic E-state index is 0.256. The first-order chi connectivity index (χ1) is 9.86. The van der Waals surface area contributed by atoms with E-state index in [9.17, 15) is 9.18 Å². The van der Waals surface area contributed by atoms with Gasteiger partial charge < -0.3 is 4.74 Å². The maximum absolute atomic E-state index is 13.6. The maximum Gasteiger partial charge on any atom is 0.317 e. The van der Waals surface area contributed by atoms with E-state index in [4.69, 9.17) is 4.74 Å². The van der Waals surface area contributed by atoms with Crippen LogP contribution < -0.4 is 0 Å². The van der Waals surface area contributed by atoms with Gasteiger partial charge >= 0.3 is 5.97 Å². The van der Waals surface area contributed by atoms with Crippen LogP contribution in [0.2, 0.25) is 0 Å². The molecule has 3 nitrogen and oxygen atoms in total. The van der Waals surface area contributed by atoms with Gasteiger partial charge in [-0.3, -0.25) is 4.79 Å². The van der Waals surface area contributed by atoms with E-state index in [1.54, 1.807) is 33.8 Å². The van der Waals surface area contributed by atoms with Crippen molar-refractivity contribution in [3.63, 3.8) is 0 Å². The average molecular weight is 307 g/mol. The van der Waals surface area contributed by atoms with Crippen molar-refractivity contribution in [1.82, 2.24) is 4.98 Å². The van der Waals surface area contributed by atoms with Gasteiger partial charge in [0, 0.05) is 10.9 Å². The number of benzene rings is 1. The fourth-order valence-corrected chi connectivity index (χ4v) is 2.82. The van der Waals surface area contributed by atoms with Gasteiger partial charge in [0.1, 0.15) is 16.2 Å². The Morgan fingerprint density at radius 3 is 2.76 bits per heavy atom. The summed E-state index contributed by atoms with van der Waals surface area (Å²) >= 11 is 1.39. The number of rotatable bonds is 4. The lowest BCUT2D eigenvalue weighted by Gasteiger charge is -2.19. The standard InChI is InChI=1S/C16H18FNO2S/c1-5-20-15(19)16(3,4)13-9-21-14(18-13)11-7-6-10(2)12(17)8-11/h6-9H,5H2,1-4H3. The van der Waals surface area contributed by atoms with Gasteiger partial charge in [-0.1, -0.05) is 12.1 Å². The Hall–Kier alpha value is -1.75. The number of thiazole rings is 1. The highest BCUT2D eigenvalue weighted by Crippen LogP contribution is 2.31. The summed E-state index contributed by atoms with van der Waals surface area (Å²) in [6, 6.07) is 5.02. The Bertz CT molecular complexity index is 664. The van der Waals surface area contributed by atoms with E-state index >= 15 is 0 Å². The summed E-state index contributed by atoms with van der Waals surface area (Å²) in [5, 5.41) is 2.52. The smallest absolute Gasteiger partial charge is 0.317 e. The number of halogens is 1. The van der Waals surface area contributed by atoms with Gasteiger partial charge in [-0.25, -0.2) is 9.37 Å². The van der Waals surface area contributed by atoms with Crippen molar-refractivity contribution >= 4 is 17.3 Å². The molecule has 5 heteroatoms. The highest BCUT2D eigenvalue weighted by molar-refractivity contribution is 7.13. The molecule has 1 aromatic heterocycles. The Morgan fingerprint density at radius 1 is 1.43 bits per heavy atom. The topological polar surface area (TPSA) is 39.2 Å². The van der Waals surface area contributed by atoms with Gasteiger partial charge in [0.15, 0.2) is 0 Å². The van der Waals surface area contributed by atoms with Gasteiger partial charge in [0.2, 0.25) is 0 Å². The maximum atomic E-state index is 13.6. The van der Waals surface area contributed by atoms with Crippen LogP contribution in [-0.2, 0) is 14.9 Å². The van der Waals surface area contributed by atoms with Crippen LogP contribution in [0.1, 0.15) is 32.0 Å². The molecule has 112 valence electrons. The third kappa shape index (κ3) is 3.13. The number of aryl methyl sites for hydroxylation is 1. The molecule has 0 fully saturated rings. The zero-order valence-electron chi connectivity index (χ0n) is 12.6. The lowest BCUT2D eigenvalue weighted by atomic mass is 9.90. The predicted octanol–water partition coefficient (Wildman–Crippen LogP) is 4.10. The van der Waals surface area contributed by atoms with Crippen molar-refractivity contribution in [2.75, 3.05) is 6.61 Å². The molecule has 1 aromatic carbocycles. The normalized spacial score (nSPS) is 11.5. The van der Waals surface area contributed by atoms with Gasteiger partial charge in [-0.05, 0) is 39.3 Å². The number of nitrogens with zero attached hydrogens (tertiary/aromatic N) is 1. The third-order valence-corrected chi connectivity index (χ3v) is 4.24. The molecule has 0 spiro atoms. The third-order valence-electron chi connectivity index (χ3n) is 3.35. The highest BCUT2D eigenvalue weighted by Gasteiger charge is 2.34. The summed E-state index contributed by atoms with van der Waals surface area (Å²) in [6.45, 7) is 7.38. The zero-order valence-corrected chi connectivity index (χ0v) is 13.4. The SMILES string of the molecule is CCOC(=O)C(C)(C)c1csc(-c2ccc(C)c(F)c2)n1. The van der Waals surface area contributed by atoms with Gasteiger partial charge in [0.05, 0.1) is 12.3 Å². The first-order valence-corrected chi connectivity index (χ1v) is 7.64. The van der Waals surface area contributed by atoms with Crippen LogP contribution in [0.5, 0.6) is 0 Å². The predicted molar refractivity (Wildman–Crippen MR) is 81.9 cm³/mol. The Morgan fingerprint density at radius 2 is 2.14 bits per heavy atom. The summed E-state index contributed by atoms with van der Waals surface area (Å²) in [6.07, 6.45) is 0. The Kier molecular flexibility index (Phi) is 4.42. The molecule has 0 aliphatic rings. The van der Waals surface area contributed by atoms with Crippen LogP contribution in [0.15, 0.2) is 23.6 Å². The molecule has 0 aliphatic heterocycles. The molecule has 2 aromatic rings. The number of esters is 1. The molecule has 0 amide bonds. The van der Waals surface area contributed by atoms with E-state index < -0.39 is 5.41 Å². The van der Waals surface area contributed by atoms with E-state index in [0.717, 1.165) is 0 Å². The molecule has 21 heavy (non-hydrogen) atoms.